The summed E-state index contributed by atoms with van der Waals surface area (Å²) >= 11 is 0. The van der Waals surface area contributed by atoms with Crippen LogP contribution in [0.2, 0.25) is 0 Å². The van der Waals surface area contributed by atoms with Gasteiger partial charge in [-0.2, -0.15) is 0 Å². The molecule has 0 bridgehead atoms. The first kappa shape index (κ1) is 12.5. The lowest BCUT2D eigenvalue weighted by Gasteiger charge is -2.16. The van der Waals surface area contributed by atoms with Crippen molar-refractivity contribution in [3.63, 3.8) is 0 Å². The van der Waals surface area contributed by atoms with Crippen LogP contribution in [0.25, 0.3) is 0 Å². The molecule has 0 aliphatic heterocycles. The second-order valence-corrected chi connectivity index (χ2v) is 5.00. The molecule has 0 radical (unpaired) electrons. The van der Waals surface area contributed by atoms with Gasteiger partial charge >= 0.3 is 0 Å². The van der Waals surface area contributed by atoms with Crippen molar-refractivity contribution in [1.82, 2.24) is 5.32 Å². The van der Waals surface area contributed by atoms with E-state index >= 15 is 0 Å². The lowest BCUT2D eigenvalue weighted by atomic mass is 10.0. The van der Waals surface area contributed by atoms with Gasteiger partial charge in [-0.3, -0.25) is 4.79 Å². The van der Waals surface area contributed by atoms with E-state index in [4.69, 9.17) is 5.73 Å². The second-order valence-electron chi connectivity index (χ2n) is 5.00. The zero-order valence-corrected chi connectivity index (χ0v) is 9.96. The Kier molecular flexibility index (Phi) is 5.09. The van der Waals surface area contributed by atoms with Gasteiger partial charge in [-0.05, 0) is 18.3 Å². The Morgan fingerprint density at radius 2 is 2.00 bits per heavy atom. The first-order valence-electron chi connectivity index (χ1n) is 6.14. The predicted octanol–water partition coefficient (Wildman–Crippen LogP) is 1.67. The summed E-state index contributed by atoms with van der Waals surface area (Å²) in [6.45, 7) is 4.74. The molecule has 0 aromatic carbocycles. The number of nitrogens with one attached hydrogen (secondary N) is 1. The summed E-state index contributed by atoms with van der Waals surface area (Å²) in [6.07, 6.45) is 6.53. The summed E-state index contributed by atoms with van der Waals surface area (Å²) in [5.74, 6) is 1.06. The van der Waals surface area contributed by atoms with Gasteiger partial charge < -0.3 is 11.1 Å². The van der Waals surface area contributed by atoms with Crippen LogP contribution >= 0.6 is 0 Å². The van der Waals surface area contributed by atoms with Crippen LogP contribution in [-0.2, 0) is 4.79 Å². The Hall–Kier alpha value is -0.570. The van der Waals surface area contributed by atoms with E-state index in [1.807, 2.05) is 13.8 Å². The van der Waals surface area contributed by atoms with E-state index in [1.165, 1.54) is 25.7 Å². The molecule has 0 aromatic heterocycles. The maximum Gasteiger partial charge on any atom is 0.237 e. The average Bonchev–Trinajstić information content (AvgIpc) is 2.69. The topological polar surface area (TPSA) is 55.1 Å². The van der Waals surface area contributed by atoms with Gasteiger partial charge in [-0.1, -0.05) is 39.5 Å². The van der Waals surface area contributed by atoms with E-state index in [2.05, 4.69) is 5.32 Å². The molecule has 1 aliphatic rings. The zero-order chi connectivity index (χ0) is 11.3. The maximum absolute atomic E-state index is 11.5. The minimum atomic E-state index is -0.353. The van der Waals surface area contributed by atoms with Crippen molar-refractivity contribution in [3.8, 4) is 0 Å². The van der Waals surface area contributed by atoms with Gasteiger partial charge in [0.2, 0.25) is 5.91 Å². The first-order valence-corrected chi connectivity index (χ1v) is 6.14. The molecule has 88 valence electrons. The molecule has 1 atom stereocenters. The molecule has 15 heavy (non-hydrogen) atoms. The molecule has 1 fully saturated rings. The summed E-state index contributed by atoms with van der Waals surface area (Å²) in [7, 11) is 0. The van der Waals surface area contributed by atoms with Crippen molar-refractivity contribution >= 4 is 5.91 Å². The largest absolute Gasteiger partial charge is 0.355 e. The molecule has 0 aromatic rings. The Morgan fingerprint density at radius 1 is 1.40 bits per heavy atom. The third-order valence-corrected chi connectivity index (χ3v) is 3.35. The van der Waals surface area contributed by atoms with E-state index in [0.29, 0.717) is 0 Å². The van der Waals surface area contributed by atoms with Gasteiger partial charge in [-0.15, -0.1) is 0 Å². The number of amides is 1. The van der Waals surface area contributed by atoms with E-state index in [9.17, 15) is 4.79 Å². The van der Waals surface area contributed by atoms with Crippen LogP contribution < -0.4 is 11.1 Å². The Bertz CT molecular complexity index is 198. The fraction of sp³-hybridized carbons (Fsp3) is 0.917. The van der Waals surface area contributed by atoms with Crippen LogP contribution in [0.1, 0.15) is 46.0 Å². The van der Waals surface area contributed by atoms with Gasteiger partial charge in [0.05, 0.1) is 6.04 Å². The van der Waals surface area contributed by atoms with Crippen molar-refractivity contribution in [1.29, 1.82) is 0 Å². The number of nitrogens with two attached hydrogens (primary N) is 1. The van der Waals surface area contributed by atoms with Crippen molar-refractivity contribution in [3.05, 3.63) is 0 Å². The van der Waals surface area contributed by atoms with E-state index < -0.39 is 0 Å². The van der Waals surface area contributed by atoms with Crippen LogP contribution in [-0.4, -0.2) is 18.5 Å². The molecule has 3 nitrogen and oxygen atoms in total. The highest BCUT2D eigenvalue weighted by molar-refractivity contribution is 5.81. The van der Waals surface area contributed by atoms with Crippen molar-refractivity contribution in [2.45, 2.75) is 52.0 Å². The lowest BCUT2D eigenvalue weighted by molar-refractivity contribution is -0.123. The van der Waals surface area contributed by atoms with Crippen LogP contribution in [0.5, 0.6) is 0 Å². The molecule has 1 unspecified atom stereocenters. The van der Waals surface area contributed by atoms with Crippen molar-refractivity contribution in [2.75, 3.05) is 6.54 Å². The molecule has 3 heteroatoms. The molecular weight excluding hydrogens is 188 g/mol. The number of hydrogen-bond donors (Lipinski definition) is 2. The quantitative estimate of drug-likeness (QED) is 0.728. The lowest BCUT2D eigenvalue weighted by Crippen LogP contribution is -2.44. The summed E-state index contributed by atoms with van der Waals surface area (Å²) in [4.78, 5) is 11.5. The first-order chi connectivity index (χ1) is 7.11. The molecule has 0 saturated heterocycles. The summed E-state index contributed by atoms with van der Waals surface area (Å²) in [6, 6.07) is -0.353. The molecule has 1 saturated carbocycles. The average molecular weight is 212 g/mol. The second kappa shape index (κ2) is 6.11. The monoisotopic (exact) mass is 212 g/mol. The third-order valence-electron chi connectivity index (χ3n) is 3.35. The fourth-order valence-corrected chi connectivity index (χ4v) is 2.12. The minimum Gasteiger partial charge on any atom is -0.355 e. The zero-order valence-electron chi connectivity index (χ0n) is 9.96. The van der Waals surface area contributed by atoms with E-state index in [1.54, 1.807) is 0 Å². The smallest absolute Gasteiger partial charge is 0.237 e. The van der Waals surface area contributed by atoms with Crippen molar-refractivity contribution in [2.24, 2.45) is 17.6 Å². The van der Waals surface area contributed by atoms with E-state index in [-0.39, 0.29) is 17.9 Å². The van der Waals surface area contributed by atoms with E-state index in [0.717, 1.165) is 18.9 Å². The molecule has 1 amide bonds. The molecule has 0 spiro atoms. The highest BCUT2D eigenvalue weighted by Crippen LogP contribution is 2.26. The highest BCUT2D eigenvalue weighted by atomic mass is 16.2. The van der Waals surface area contributed by atoms with Gasteiger partial charge in [0.1, 0.15) is 0 Å². The van der Waals surface area contributed by atoms with Gasteiger partial charge in [0.15, 0.2) is 0 Å². The standard InChI is InChI=1S/C12H24N2O/c1-9(2)11(13)12(15)14-8-7-10-5-3-4-6-10/h9-11H,3-8,13H2,1-2H3,(H,14,15). The molecule has 1 aliphatic carbocycles. The summed E-state index contributed by atoms with van der Waals surface area (Å²) in [5.41, 5.74) is 5.74. The Balaban J connectivity index is 2.11. The van der Waals surface area contributed by atoms with Crippen LogP contribution in [0.3, 0.4) is 0 Å². The SMILES string of the molecule is CC(C)C(N)C(=O)NCCC1CCCC1. The fourth-order valence-electron chi connectivity index (χ4n) is 2.12. The molecule has 3 N–H and O–H groups in total. The molecule has 0 heterocycles. The van der Waals surface area contributed by atoms with Gasteiger partial charge in [-0.25, -0.2) is 0 Å². The van der Waals surface area contributed by atoms with Crippen LogP contribution in [0, 0.1) is 11.8 Å². The minimum absolute atomic E-state index is 0.00277. The highest BCUT2D eigenvalue weighted by Gasteiger charge is 2.18. The third kappa shape index (κ3) is 4.20. The number of rotatable bonds is 5. The van der Waals surface area contributed by atoms with Crippen LogP contribution in [0.4, 0.5) is 0 Å². The molecular formula is C12H24N2O. The number of carbonyl (C=O) groups is 1. The summed E-state index contributed by atoms with van der Waals surface area (Å²) < 4.78 is 0. The number of carbonyl (C=O) groups excluding carboxylic acids is 1. The number of hydrogen-bond acceptors (Lipinski definition) is 2. The van der Waals surface area contributed by atoms with Crippen LogP contribution in [0.15, 0.2) is 0 Å². The summed E-state index contributed by atoms with van der Waals surface area (Å²) in [5, 5.41) is 2.93. The Labute approximate surface area is 92.8 Å². The van der Waals surface area contributed by atoms with Gasteiger partial charge in [0.25, 0.3) is 0 Å². The normalized spacial score (nSPS) is 19.5. The van der Waals surface area contributed by atoms with Crippen molar-refractivity contribution < 1.29 is 4.79 Å². The Morgan fingerprint density at radius 3 is 2.53 bits per heavy atom. The molecule has 1 rings (SSSR count). The van der Waals surface area contributed by atoms with Gasteiger partial charge in [0, 0.05) is 6.54 Å². The maximum atomic E-state index is 11.5. The predicted molar refractivity (Wildman–Crippen MR) is 62.4 cm³/mol.